The van der Waals surface area contributed by atoms with E-state index in [4.69, 9.17) is 4.74 Å². The lowest BCUT2D eigenvalue weighted by atomic mass is 10.1. The van der Waals surface area contributed by atoms with Crippen LogP contribution in [0.3, 0.4) is 0 Å². The number of para-hydroxylation sites is 1. The minimum atomic E-state index is -0.337. The van der Waals surface area contributed by atoms with E-state index < -0.39 is 0 Å². The maximum atomic E-state index is 12.0. The molecule has 0 saturated heterocycles. The minimum absolute atomic E-state index is 0.220. The van der Waals surface area contributed by atoms with Gasteiger partial charge < -0.3 is 15.4 Å². The predicted molar refractivity (Wildman–Crippen MR) is 94.0 cm³/mol. The number of hydrogen-bond donors (Lipinski definition) is 2. The highest BCUT2D eigenvalue weighted by Gasteiger charge is 2.11. The maximum Gasteiger partial charge on any atom is 0.233 e. The quantitative estimate of drug-likeness (QED) is 0.802. The molecule has 2 N–H and O–H groups in total. The average Bonchev–Trinajstić information content (AvgIpc) is 2.56. The SMILES string of the molecule is COc1ccccc1CNC(=O)CC(=O)Nc1ccc(C)c(C)c1. The van der Waals surface area contributed by atoms with Gasteiger partial charge in [0, 0.05) is 17.8 Å². The highest BCUT2D eigenvalue weighted by atomic mass is 16.5. The van der Waals surface area contributed by atoms with Gasteiger partial charge in [-0.1, -0.05) is 24.3 Å². The summed E-state index contributed by atoms with van der Waals surface area (Å²) in [4.78, 5) is 23.9. The fourth-order valence-electron chi connectivity index (χ4n) is 2.28. The van der Waals surface area contributed by atoms with Gasteiger partial charge in [-0.05, 0) is 43.2 Å². The van der Waals surface area contributed by atoms with Gasteiger partial charge in [-0.3, -0.25) is 9.59 Å². The van der Waals surface area contributed by atoms with Crippen molar-refractivity contribution in [2.24, 2.45) is 0 Å². The predicted octanol–water partition coefficient (Wildman–Crippen LogP) is 2.96. The van der Waals surface area contributed by atoms with Crippen LogP contribution in [-0.4, -0.2) is 18.9 Å². The molecule has 0 fully saturated rings. The number of ether oxygens (including phenoxy) is 1. The number of aryl methyl sites for hydroxylation is 2. The zero-order valence-corrected chi connectivity index (χ0v) is 14.2. The Labute approximate surface area is 142 Å². The molecule has 2 aromatic rings. The van der Waals surface area contributed by atoms with Crippen LogP contribution < -0.4 is 15.4 Å². The zero-order chi connectivity index (χ0) is 17.5. The third kappa shape index (κ3) is 4.84. The van der Waals surface area contributed by atoms with E-state index in [1.54, 1.807) is 7.11 Å². The summed E-state index contributed by atoms with van der Waals surface area (Å²) in [5.41, 5.74) is 3.81. The number of anilines is 1. The Morgan fingerprint density at radius 1 is 1.00 bits per heavy atom. The van der Waals surface area contributed by atoms with Crippen LogP contribution in [-0.2, 0) is 16.1 Å². The van der Waals surface area contributed by atoms with Crippen LogP contribution >= 0.6 is 0 Å². The molecule has 2 rings (SSSR count). The Morgan fingerprint density at radius 3 is 2.46 bits per heavy atom. The summed E-state index contributed by atoms with van der Waals surface area (Å²) in [6.45, 7) is 4.30. The highest BCUT2D eigenvalue weighted by molar-refractivity contribution is 6.03. The summed E-state index contributed by atoms with van der Waals surface area (Å²) in [6, 6.07) is 13.1. The number of carbonyl (C=O) groups excluding carboxylic acids is 2. The molecule has 0 aliphatic rings. The van der Waals surface area contributed by atoms with Crippen LogP contribution in [0.2, 0.25) is 0 Å². The van der Waals surface area contributed by atoms with Crippen LogP contribution in [0.1, 0.15) is 23.1 Å². The van der Waals surface area contributed by atoms with Crippen molar-refractivity contribution in [1.82, 2.24) is 5.32 Å². The van der Waals surface area contributed by atoms with Crippen LogP contribution in [0.5, 0.6) is 5.75 Å². The lowest BCUT2D eigenvalue weighted by Gasteiger charge is -2.10. The number of benzene rings is 2. The third-order valence-corrected chi connectivity index (χ3v) is 3.78. The minimum Gasteiger partial charge on any atom is -0.496 e. The molecule has 0 aliphatic heterocycles. The van der Waals surface area contributed by atoms with Crippen molar-refractivity contribution in [3.05, 3.63) is 59.2 Å². The summed E-state index contributed by atoms with van der Waals surface area (Å²) >= 11 is 0. The molecule has 0 aliphatic carbocycles. The first-order valence-corrected chi connectivity index (χ1v) is 7.75. The summed E-state index contributed by atoms with van der Waals surface area (Å²) < 4.78 is 5.23. The monoisotopic (exact) mass is 326 g/mol. The van der Waals surface area contributed by atoms with Gasteiger partial charge in [-0.2, -0.15) is 0 Å². The zero-order valence-electron chi connectivity index (χ0n) is 14.2. The Hall–Kier alpha value is -2.82. The number of amides is 2. The van der Waals surface area contributed by atoms with Crippen LogP contribution in [0, 0.1) is 13.8 Å². The molecule has 5 heteroatoms. The molecule has 126 valence electrons. The number of methoxy groups -OCH3 is 1. The number of nitrogens with one attached hydrogen (secondary N) is 2. The maximum absolute atomic E-state index is 12.0. The van der Waals surface area contributed by atoms with E-state index in [0.717, 1.165) is 16.7 Å². The van der Waals surface area contributed by atoms with Gasteiger partial charge in [0.15, 0.2) is 0 Å². The second kappa shape index (κ2) is 8.15. The van der Waals surface area contributed by atoms with Crippen molar-refractivity contribution in [3.63, 3.8) is 0 Å². The van der Waals surface area contributed by atoms with Gasteiger partial charge in [0.1, 0.15) is 12.2 Å². The third-order valence-electron chi connectivity index (χ3n) is 3.78. The lowest BCUT2D eigenvalue weighted by Crippen LogP contribution is -2.27. The smallest absolute Gasteiger partial charge is 0.233 e. The van der Waals surface area contributed by atoms with Gasteiger partial charge >= 0.3 is 0 Å². The van der Waals surface area contributed by atoms with E-state index in [1.807, 2.05) is 56.3 Å². The van der Waals surface area contributed by atoms with Crippen LogP contribution in [0.25, 0.3) is 0 Å². The molecule has 0 heterocycles. The molecule has 24 heavy (non-hydrogen) atoms. The molecular weight excluding hydrogens is 304 g/mol. The number of hydrogen-bond acceptors (Lipinski definition) is 3. The van der Waals surface area contributed by atoms with Crippen molar-refractivity contribution in [2.75, 3.05) is 12.4 Å². The molecule has 0 bridgehead atoms. The van der Waals surface area contributed by atoms with E-state index in [0.29, 0.717) is 18.0 Å². The molecule has 0 atom stereocenters. The van der Waals surface area contributed by atoms with E-state index in [9.17, 15) is 9.59 Å². The van der Waals surface area contributed by atoms with Crippen molar-refractivity contribution >= 4 is 17.5 Å². The fourth-order valence-corrected chi connectivity index (χ4v) is 2.28. The van der Waals surface area contributed by atoms with Gasteiger partial charge in [0.05, 0.1) is 7.11 Å². The molecule has 5 nitrogen and oxygen atoms in total. The summed E-state index contributed by atoms with van der Waals surface area (Å²) in [5.74, 6) is 0.0374. The Bertz CT molecular complexity index is 741. The number of carbonyl (C=O) groups is 2. The second-order valence-electron chi connectivity index (χ2n) is 5.61. The first-order chi connectivity index (χ1) is 11.5. The van der Waals surface area contributed by atoms with Crippen molar-refractivity contribution in [2.45, 2.75) is 26.8 Å². The second-order valence-corrected chi connectivity index (χ2v) is 5.61. The summed E-state index contributed by atoms with van der Waals surface area (Å²) in [5, 5.41) is 5.47. The normalized spacial score (nSPS) is 10.1. The van der Waals surface area contributed by atoms with Crippen molar-refractivity contribution in [1.29, 1.82) is 0 Å². The molecule has 0 radical (unpaired) electrons. The van der Waals surface area contributed by atoms with E-state index in [-0.39, 0.29) is 18.2 Å². The Balaban J connectivity index is 1.85. The van der Waals surface area contributed by atoms with Gasteiger partial charge in [0.25, 0.3) is 0 Å². The van der Waals surface area contributed by atoms with Gasteiger partial charge in [0.2, 0.25) is 11.8 Å². The van der Waals surface area contributed by atoms with Crippen LogP contribution in [0.4, 0.5) is 5.69 Å². The van der Waals surface area contributed by atoms with E-state index in [1.165, 1.54) is 0 Å². The molecule has 0 saturated carbocycles. The fraction of sp³-hybridized carbons (Fsp3) is 0.263. The number of rotatable bonds is 6. The molecular formula is C19H22N2O3. The lowest BCUT2D eigenvalue weighted by molar-refractivity contribution is -0.126. The summed E-state index contributed by atoms with van der Waals surface area (Å²) in [7, 11) is 1.58. The van der Waals surface area contributed by atoms with Crippen LogP contribution in [0.15, 0.2) is 42.5 Å². The molecule has 2 amide bonds. The average molecular weight is 326 g/mol. The largest absolute Gasteiger partial charge is 0.496 e. The Morgan fingerprint density at radius 2 is 1.75 bits per heavy atom. The summed E-state index contributed by atoms with van der Waals surface area (Å²) in [6.07, 6.45) is -0.220. The van der Waals surface area contributed by atoms with Gasteiger partial charge in [-0.25, -0.2) is 0 Å². The topological polar surface area (TPSA) is 67.4 Å². The molecule has 0 spiro atoms. The first kappa shape index (κ1) is 17.5. The van der Waals surface area contributed by atoms with E-state index in [2.05, 4.69) is 10.6 Å². The van der Waals surface area contributed by atoms with Crippen molar-refractivity contribution < 1.29 is 14.3 Å². The first-order valence-electron chi connectivity index (χ1n) is 7.75. The highest BCUT2D eigenvalue weighted by Crippen LogP contribution is 2.17. The molecule has 0 aromatic heterocycles. The van der Waals surface area contributed by atoms with Crippen molar-refractivity contribution in [3.8, 4) is 5.75 Å². The standard InChI is InChI=1S/C19H22N2O3/c1-13-8-9-16(10-14(13)2)21-19(23)11-18(22)20-12-15-6-4-5-7-17(15)24-3/h4-10H,11-12H2,1-3H3,(H,20,22)(H,21,23). The van der Waals surface area contributed by atoms with E-state index >= 15 is 0 Å². The molecule has 0 unspecified atom stereocenters. The van der Waals surface area contributed by atoms with Gasteiger partial charge in [-0.15, -0.1) is 0 Å². The molecule has 2 aromatic carbocycles. The Kier molecular flexibility index (Phi) is 5.95.